The number of aromatic nitrogens is 2. The van der Waals surface area contributed by atoms with E-state index in [0.29, 0.717) is 11.3 Å². The summed E-state index contributed by atoms with van der Waals surface area (Å²) < 4.78 is 0.860. The first-order valence-corrected chi connectivity index (χ1v) is 7.11. The van der Waals surface area contributed by atoms with Gasteiger partial charge in [-0.15, -0.1) is 0 Å². The molecule has 2 aliphatic rings. The third-order valence-electron chi connectivity index (χ3n) is 4.32. The van der Waals surface area contributed by atoms with E-state index in [2.05, 4.69) is 23.8 Å². The Labute approximate surface area is 108 Å². The molecule has 0 radical (unpaired) electrons. The molecule has 92 valence electrons. The fourth-order valence-electron chi connectivity index (χ4n) is 2.91. The number of hydrogen-bond donors (Lipinski definition) is 1. The van der Waals surface area contributed by atoms with Crippen molar-refractivity contribution in [2.24, 2.45) is 5.41 Å². The third kappa shape index (κ3) is 2.05. The number of H-pyrrole nitrogens is 1. The van der Waals surface area contributed by atoms with Gasteiger partial charge in [-0.25, -0.2) is 4.98 Å². The molecule has 0 aliphatic heterocycles. The minimum absolute atomic E-state index is 0.421. The monoisotopic (exact) mass is 248 g/mol. The van der Waals surface area contributed by atoms with Gasteiger partial charge in [0.1, 0.15) is 10.5 Å². The quantitative estimate of drug-likeness (QED) is 0.603. The minimum Gasteiger partial charge on any atom is -0.347 e. The second-order valence-corrected chi connectivity index (χ2v) is 6.58. The van der Waals surface area contributed by atoms with Gasteiger partial charge in [-0.1, -0.05) is 32.5 Å². The maximum absolute atomic E-state index is 5.48. The molecule has 1 N–H and O–H groups in total. The lowest BCUT2D eigenvalue weighted by atomic mass is 10.1. The van der Waals surface area contributed by atoms with Crippen molar-refractivity contribution in [2.45, 2.75) is 58.3 Å². The standard InChI is InChI=1S/C14H20N2S/c1-14(2)8-10(14)12-15-11-7-5-3-4-6-9(11)13(17)16-12/h10H,3-8H2,1-2H3,(H,15,16,17). The predicted molar refractivity (Wildman–Crippen MR) is 71.8 cm³/mol. The Balaban J connectivity index is 2.01. The Morgan fingerprint density at radius 2 is 1.94 bits per heavy atom. The van der Waals surface area contributed by atoms with Crippen LogP contribution in [-0.4, -0.2) is 9.97 Å². The second-order valence-electron chi connectivity index (χ2n) is 6.19. The van der Waals surface area contributed by atoms with Crippen LogP contribution in [-0.2, 0) is 12.8 Å². The number of nitrogens with zero attached hydrogens (tertiary/aromatic N) is 1. The molecule has 17 heavy (non-hydrogen) atoms. The van der Waals surface area contributed by atoms with E-state index < -0.39 is 0 Å². The van der Waals surface area contributed by atoms with Crippen LogP contribution in [0.5, 0.6) is 0 Å². The van der Waals surface area contributed by atoms with E-state index >= 15 is 0 Å². The van der Waals surface area contributed by atoms with Crippen LogP contribution in [0, 0.1) is 10.1 Å². The van der Waals surface area contributed by atoms with Crippen molar-refractivity contribution in [3.63, 3.8) is 0 Å². The summed E-state index contributed by atoms with van der Waals surface area (Å²) in [6.45, 7) is 4.61. The fourth-order valence-corrected chi connectivity index (χ4v) is 3.24. The molecule has 1 aromatic heterocycles. The van der Waals surface area contributed by atoms with Crippen molar-refractivity contribution in [3.8, 4) is 0 Å². The van der Waals surface area contributed by atoms with Crippen molar-refractivity contribution in [2.75, 3.05) is 0 Å². The van der Waals surface area contributed by atoms with Crippen LogP contribution < -0.4 is 0 Å². The van der Waals surface area contributed by atoms with Gasteiger partial charge >= 0.3 is 0 Å². The van der Waals surface area contributed by atoms with Gasteiger partial charge in [0, 0.05) is 17.2 Å². The topological polar surface area (TPSA) is 28.7 Å². The zero-order valence-corrected chi connectivity index (χ0v) is 11.5. The maximum Gasteiger partial charge on any atom is 0.133 e. The molecule has 1 heterocycles. The Morgan fingerprint density at radius 1 is 1.24 bits per heavy atom. The average Bonchev–Trinajstić information content (AvgIpc) is 2.95. The largest absolute Gasteiger partial charge is 0.347 e. The Kier molecular flexibility index (Phi) is 2.62. The number of fused-ring (bicyclic) bond motifs is 1. The first-order valence-electron chi connectivity index (χ1n) is 6.70. The van der Waals surface area contributed by atoms with Gasteiger partial charge in [0.15, 0.2) is 0 Å². The number of aromatic amines is 1. The number of aryl methyl sites for hydroxylation is 1. The highest BCUT2D eigenvalue weighted by atomic mass is 32.1. The van der Waals surface area contributed by atoms with E-state index in [1.54, 1.807) is 0 Å². The highest BCUT2D eigenvalue weighted by molar-refractivity contribution is 7.71. The summed E-state index contributed by atoms with van der Waals surface area (Å²) in [5.41, 5.74) is 3.12. The van der Waals surface area contributed by atoms with Crippen molar-refractivity contribution in [1.82, 2.24) is 9.97 Å². The van der Waals surface area contributed by atoms with Crippen molar-refractivity contribution in [3.05, 3.63) is 21.7 Å². The van der Waals surface area contributed by atoms with Gasteiger partial charge in [-0.2, -0.15) is 0 Å². The lowest BCUT2D eigenvalue weighted by Gasteiger charge is -2.10. The summed E-state index contributed by atoms with van der Waals surface area (Å²) in [6, 6.07) is 0. The van der Waals surface area contributed by atoms with E-state index in [4.69, 9.17) is 12.2 Å². The molecule has 1 aromatic rings. The van der Waals surface area contributed by atoms with Gasteiger partial charge in [-0.3, -0.25) is 0 Å². The zero-order valence-electron chi connectivity index (χ0n) is 10.7. The number of hydrogen-bond acceptors (Lipinski definition) is 2. The lowest BCUT2D eigenvalue weighted by Crippen LogP contribution is -2.05. The van der Waals surface area contributed by atoms with Crippen molar-refractivity contribution in [1.29, 1.82) is 0 Å². The molecule has 2 aliphatic carbocycles. The van der Waals surface area contributed by atoms with E-state index in [1.165, 1.54) is 36.9 Å². The van der Waals surface area contributed by atoms with Crippen LogP contribution in [0.25, 0.3) is 0 Å². The predicted octanol–water partition coefficient (Wildman–Crippen LogP) is 3.92. The number of rotatable bonds is 1. The Hall–Kier alpha value is -0.700. The Bertz CT molecular complexity index is 501. The Morgan fingerprint density at radius 3 is 2.65 bits per heavy atom. The molecule has 3 rings (SSSR count). The molecule has 1 atom stereocenters. The summed E-state index contributed by atoms with van der Waals surface area (Å²) in [7, 11) is 0. The summed E-state index contributed by atoms with van der Waals surface area (Å²) >= 11 is 5.48. The van der Waals surface area contributed by atoms with Crippen LogP contribution in [0.2, 0.25) is 0 Å². The summed E-state index contributed by atoms with van der Waals surface area (Å²) in [6.07, 6.45) is 7.38. The second kappa shape index (κ2) is 3.91. The fraction of sp³-hybridized carbons (Fsp3) is 0.714. The molecule has 0 bridgehead atoms. The maximum atomic E-state index is 5.48. The summed E-state index contributed by atoms with van der Waals surface area (Å²) in [5, 5.41) is 0. The first-order chi connectivity index (χ1) is 8.08. The van der Waals surface area contributed by atoms with Crippen LogP contribution >= 0.6 is 12.2 Å². The van der Waals surface area contributed by atoms with E-state index in [9.17, 15) is 0 Å². The molecule has 0 spiro atoms. The third-order valence-corrected chi connectivity index (χ3v) is 4.66. The molecule has 1 fully saturated rings. The molecular formula is C14H20N2S. The van der Waals surface area contributed by atoms with Crippen LogP contribution in [0.15, 0.2) is 0 Å². The number of nitrogens with one attached hydrogen (secondary N) is 1. The molecule has 3 heteroatoms. The van der Waals surface area contributed by atoms with Gasteiger partial charge in [-0.05, 0) is 37.5 Å². The van der Waals surface area contributed by atoms with Crippen LogP contribution in [0.4, 0.5) is 0 Å². The van der Waals surface area contributed by atoms with Gasteiger partial charge in [0.05, 0.1) is 0 Å². The average molecular weight is 248 g/mol. The molecule has 0 aromatic carbocycles. The normalized spacial score (nSPS) is 26.1. The van der Waals surface area contributed by atoms with Crippen molar-refractivity contribution < 1.29 is 0 Å². The van der Waals surface area contributed by atoms with Crippen LogP contribution in [0.1, 0.15) is 62.5 Å². The van der Waals surface area contributed by atoms with Crippen LogP contribution in [0.3, 0.4) is 0 Å². The highest BCUT2D eigenvalue weighted by Crippen LogP contribution is 2.57. The molecule has 1 saturated carbocycles. The van der Waals surface area contributed by atoms with Gasteiger partial charge in [0.2, 0.25) is 0 Å². The summed E-state index contributed by atoms with van der Waals surface area (Å²) in [5.74, 6) is 1.73. The van der Waals surface area contributed by atoms with Gasteiger partial charge in [0.25, 0.3) is 0 Å². The SMILES string of the molecule is CC1(C)CC1c1nc(=S)c2c([nH]1)CCCCC2. The van der Waals surface area contributed by atoms with E-state index in [0.717, 1.165) is 23.3 Å². The molecule has 0 saturated heterocycles. The van der Waals surface area contributed by atoms with Crippen molar-refractivity contribution >= 4 is 12.2 Å². The molecular weight excluding hydrogens is 228 g/mol. The molecule has 0 amide bonds. The summed E-state index contributed by atoms with van der Waals surface area (Å²) in [4.78, 5) is 8.23. The smallest absolute Gasteiger partial charge is 0.133 e. The zero-order chi connectivity index (χ0) is 12.0. The van der Waals surface area contributed by atoms with E-state index in [1.807, 2.05) is 0 Å². The minimum atomic E-state index is 0.421. The highest BCUT2D eigenvalue weighted by Gasteiger charge is 2.48. The molecule has 1 unspecified atom stereocenters. The lowest BCUT2D eigenvalue weighted by molar-refractivity contribution is 0.605. The van der Waals surface area contributed by atoms with Gasteiger partial charge < -0.3 is 4.98 Å². The van der Waals surface area contributed by atoms with E-state index in [-0.39, 0.29) is 0 Å². The first kappa shape index (κ1) is 11.4. The molecule has 2 nitrogen and oxygen atoms in total.